The number of para-hydroxylation sites is 1. The monoisotopic (exact) mass is 316 g/mol. The summed E-state index contributed by atoms with van der Waals surface area (Å²) in [4.78, 5) is 12.2. The van der Waals surface area contributed by atoms with Crippen molar-refractivity contribution in [1.82, 2.24) is 15.5 Å². The van der Waals surface area contributed by atoms with E-state index < -0.39 is 0 Å². The Hall–Kier alpha value is -2.15. The molecule has 0 bridgehead atoms. The molecule has 2 heterocycles. The number of carbonyl (C=O) groups is 1. The number of aromatic nitrogens is 2. The summed E-state index contributed by atoms with van der Waals surface area (Å²) in [6, 6.07) is 7.50. The van der Waals surface area contributed by atoms with Crippen LogP contribution < -0.4 is 15.4 Å². The van der Waals surface area contributed by atoms with Crippen LogP contribution >= 0.6 is 11.3 Å². The van der Waals surface area contributed by atoms with Crippen molar-refractivity contribution >= 4 is 22.5 Å². The second-order valence-corrected chi connectivity index (χ2v) is 6.55. The first-order valence-corrected chi connectivity index (χ1v) is 8.24. The van der Waals surface area contributed by atoms with Crippen LogP contribution in [-0.4, -0.2) is 22.8 Å². The van der Waals surface area contributed by atoms with Crippen LogP contribution in [0.5, 0.6) is 5.75 Å². The lowest BCUT2D eigenvalue weighted by atomic mass is 10.0. The molecule has 114 valence electrons. The number of urea groups is 1. The van der Waals surface area contributed by atoms with Gasteiger partial charge in [0.25, 0.3) is 0 Å². The van der Waals surface area contributed by atoms with Crippen LogP contribution in [0.2, 0.25) is 0 Å². The molecule has 22 heavy (non-hydrogen) atoms. The van der Waals surface area contributed by atoms with E-state index in [-0.39, 0.29) is 12.1 Å². The summed E-state index contributed by atoms with van der Waals surface area (Å²) in [5.41, 5.74) is 1.01. The van der Waals surface area contributed by atoms with Gasteiger partial charge in [-0.1, -0.05) is 29.5 Å². The van der Waals surface area contributed by atoms with Crippen LogP contribution in [0.4, 0.5) is 9.93 Å². The largest absolute Gasteiger partial charge is 0.493 e. The van der Waals surface area contributed by atoms with Gasteiger partial charge in [-0.25, -0.2) is 4.79 Å². The van der Waals surface area contributed by atoms with Crippen LogP contribution in [0, 0.1) is 0 Å². The number of hydrogen-bond acceptors (Lipinski definition) is 5. The molecule has 0 saturated heterocycles. The van der Waals surface area contributed by atoms with E-state index in [0.29, 0.717) is 17.7 Å². The molecule has 1 aromatic carbocycles. The number of benzene rings is 1. The molecule has 4 rings (SSSR count). The Bertz CT molecular complexity index is 698. The molecule has 2 N–H and O–H groups in total. The average molecular weight is 316 g/mol. The number of hydrogen-bond donors (Lipinski definition) is 2. The van der Waals surface area contributed by atoms with Crippen molar-refractivity contribution in [2.24, 2.45) is 0 Å². The van der Waals surface area contributed by atoms with Crippen LogP contribution in [0.3, 0.4) is 0 Å². The van der Waals surface area contributed by atoms with E-state index in [1.165, 1.54) is 24.2 Å². The molecule has 2 aromatic rings. The van der Waals surface area contributed by atoms with Crippen molar-refractivity contribution < 1.29 is 9.53 Å². The Labute approximate surface area is 131 Å². The predicted octanol–water partition coefficient (Wildman–Crippen LogP) is 3.06. The minimum atomic E-state index is -0.250. The molecule has 0 spiro atoms. The SMILES string of the molecule is O=C(Nc1nnc(C2CC2)s1)NC1CCOc2ccccc21. The first-order valence-electron chi connectivity index (χ1n) is 7.42. The zero-order valence-electron chi connectivity index (χ0n) is 11.9. The number of fused-ring (bicyclic) bond motifs is 1. The number of carbonyl (C=O) groups excluding carboxylic acids is 1. The minimum Gasteiger partial charge on any atom is -0.493 e. The van der Waals surface area contributed by atoms with E-state index in [9.17, 15) is 4.79 Å². The number of nitrogens with zero attached hydrogens (tertiary/aromatic N) is 2. The molecule has 0 radical (unpaired) electrons. The van der Waals surface area contributed by atoms with Gasteiger partial charge in [0.1, 0.15) is 10.8 Å². The van der Waals surface area contributed by atoms with Gasteiger partial charge in [-0.3, -0.25) is 5.32 Å². The lowest BCUT2D eigenvalue weighted by Crippen LogP contribution is -2.35. The molecular weight excluding hydrogens is 300 g/mol. The lowest BCUT2D eigenvalue weighted by molar-refractivity contribution is 0.232. The fraction of sp³-hybridized carbons (Fsp3) is 0.400. The Morgan fingerprint density at radius 3 is 2.95 bits per heavy atom. The second-order valence-electron chi connectivity index (χ2n) is 5.55. The molecule has 1 atom stereocenters. The van der Waals surface area contributed by atoms with Gasteiger partial charge in [-0.05, 0) is 18.9 Å². The third-order valence-electron chi connectivity index (χ3n) is 3.85. The summed E-state index contributed by atoms with van der Waals surface area (Å²) >= 11 is 1.46. The third kappa shape index (κ3) is 2.76. The van der Waals surface area contributed by atoms with Crippen LogP contribution in [0.15, 0.2) is 24.3 Å². The molecule has 1 saturated carbocycles. The van der Waals surface area contributed by atoms with Crippen molar-refractivity contribution in [1.29, 1.82) is 0 Å². The summed E-state index contributed by atoms with van der Waals surface area (Å²) in [5, 5.41) is 15.5. The first-order chi connectivity index (χ1) is 10.8. The highest BCUT2D eigenvalue weighted by molar-refractivity contribution is 7.15. The fourth-order valence-corrected chi connectivity index (χ4v) is 3.47. The molecule has 2 amide bonds. The highest BCUT2D eigenvalue weighted by Crippen LogP contribution is 2.42. The van der Waals surface area contributed by atoms with E-state index in [4.69, 9.17) is 4.74 Å². The number of rotatable bonds is 3. The highest BCUT2D eigenvalue weighted by Gasteiger charge is 2.28. The smallest absolute Gasteiger partial charge is 0.321 e. The van der Waals surface area contributed by atoms with Crippen molar-refractivity contribution in [3.8, 4) is 5.75 Å². The number of anilines is 1. The second kappa shape index (κ2) is 5.57. The molecule has 1 unspecified atom stereocenters. The summed E-state index contributed by atoms with van der Waals surface area (Å²) in [7, 11) is 0. The topological polar surface area (TPSA) is 76.1 Å². The maximum absolute atomic E-state index is 12.2. The number of ether oxygens (including phenoxy) is 1. The predicted molar refractivity (Wildman–Crippen MR) is 83.3 cm³/mol. The van der Waals surface area contributed by atoms with E-state index in [0.717, 1.165) is 22.7 Å². The van der Waals surface area contributed by atoms with Crippen LogP contribution in [-0.2, 0) is 0 Å². The van der Waals surface area contributed by atoms with E-state index in [1.807, 2.05) is 24.3 Å². The van der Waals surface area contributed by atoms with E-state index in [2.05, 4.69) is 20.8 Å². The van der Waals surface area contributed by atoms with Gasteiger partial charge < -0.3 is 10.1 Å². The first kappa shape index (κ1) is 13.5. The highest BCUT2D eigenvalue weighted by atomic mass is 32.1. The zero-order valence-corrected chi connectivity index (χ0v) is 12.7. The Kier molecular flexibility index (Phi) is 3.42. The molecule has 6 nitrogen and oxygen atoms in total. The Morgan fingerprint density at radius 2 is 2.09 bits per heavy atom. The summed E-state index contributed by atoms with van der Waals surface area (Å²) in [6.45, 7) is 0.604. The normalized spacial score (nSPS) is 19.9. The Morgan fingerprint density at radius 1 is 1.23 bits per heavy atom. The van der Waals surface area contributed by atoms with Crippen molar-refractivity contribution in [3.05, 3.63) is 34.8 Å². The molecule has 2 aliphatic rings. The zero-order chi connectivity index (χ0) is 14.9. The van der Waals surface area contributed by atoms with Gasteiger partial charge >= 0.3 is 6.03 Å². The van der Waals surface area contributed by atoms with Gasteiger partial charge in [0.05, 0.1) is 12.6 Å². The van der Waals surface area contributed by atoms with E-state index >= 15 is 0 Å². The maximum Gasteiger partial charge on any atom is 0.321 e. The van der Waals surface area contributed by atoms with Crippen LogP contribution in [0.25, 0.3) is 0 Å². The summed E-state index contributed by atoms with van der Waals surface area (Å²) < 4.78 is 5.60. The third-order valence-corrected chi connectivity index (χ3v) is 4.85. The van der Waals surface area contributed by atoms with Gasteiger partial charge in [-0.15, -0.1) is 10.2 Å². The lowest BCUT2D eigenvalue weighted by Gasteiger charge is -2.26. The standard InChI is InChI=1S/C15H16N4O2S/c20-14(17-15-19-18-13(22-15)9-5-6-9)16-11-7-8-21-12-4-2-1-3-10(11)12/h1-4,9,11H,5-8H2,(H2,16,17,19,20). The summed E-state index contributed by atoms with van der Waals surface area (Å²) in [5.74, 6) is 1.39. The average Bonchev–Trinajstić information content (AvgIpc) is 3.28. The van der Waals surface area contributed by atoms with Crippen molar-refractivity contribution in [2.75, 3.05) is 11.9 Å². The molecule has 1 aliphatic heterocycles. The maximum atomic E-state index is 12.2. The molecule has 1 aliphatic carbocycles. The molecular formula is C15H16N4O2S. The van der Waals surface area contributed by atoms with Crippen molar-refractivity contribution in [3.63, 3.8) is 0 Å². The van der Waals surface area contributed by atoms with Crippen molar-refractivity contribution in [2.45, 2.75) is 31.2 Å². The van der Waals surface area contributed by atoms with Gasteiger partial charge in [0, 0.05) is 17.9 Å². The van der Waals surface area contributed by atoms with Gasteiger partial charge in [0.2, 0.25) is 5.13 Å². The molecule has 1 aromatic heterocycles. The Balaban J connectivity index is 1.41. The van der Waals surface area contributed by atoms with E-state index in [1.54, 1.807) is 0 Å². The molecule has 1 fully saturated rings. The molecule has 7 heteroatoms. The van der Waals surface area contributed by atoms with Gasteiger partial charge in [0.15, 0.2) is 0 Å². The van der Waals surface area contributed by atoms with Gasteiger partial charge in [-0.2, -0.15) is 0 Å². The fourth-order valence-electron chi connectivity index (χ4n) is 2.56. The quantitative estimate of drug-likeness (QED) is 0.912. The van der Waals surface area contributed by atoms with Crippen LogP contribution in [0.1, 0.15) is 41.8 Å². The number of amides is 2. The minimum absolute atomic E-state index is 0.0410. The summed E-state index contributed by atoms with van der Waals surface area (Å²) in [6.07, 6.45) is 3.12. The number of nitrogens with one attached hydrogen (secondary N) is 2.